The summed E-state index contributed by atoms with van der Waals surface area (Å²) in [4.78, 5) is 37.6. The number of amides is 2. The van der Waals surface area contributed by atoms with Gasteiger partial charge in [0.2, 0.25) is 5.91 Å². The number of anilines is 2. The van der Waals surface area contributed by atoms with Crippen molar-refractivity contribution in [2.75, 3.05) is 24.9 Å². The van der Waals surface area contributed by atoms with Crippen LogP contribution >= 0.6 is 11.3 Å². The Bertz CT molecular complexity index is 1180. The molecule has 1 aliphatic heterocycles. The van der Waals surface area contributed by atoms with Crippen LogP contribution in [0.2, 0.25) is 0 Å². The first-order valence-corrected chi connectivity index (χ1v) is 10.8. The quantitative estimate of drug-likeness (QED) is 0.555. The van der Waals surface area contributed by atoms with E-state index in [1.807, 2.05) is 19.1 Å². The van der Waals surface area contributed by atoms with Crippen LogP contribution < -0.4 is 15.4 Å². The van der Waals surface area contributed by atoms with E-state index in [9.17, 15) is 14.4 Å². The lowest BCUT2D eigenvalue weighted by molar-refractivity contribution is -0.116. The van der Waals surface area contributed by atoms with E-state index in [2.05, 4.69) is 10.6 Å². The lowest BCUT2D eigenvalue weighted by Crippen LogP contribution is -2.22. The Morgan fingerprint density at radius 3 is 2.38 bits per heavy atom. The zero-order valence-corrected chi connectivity index (χ0v) is 18.7. The van der Waals surface area contributed by atoms with Crippen molar-refractivity contribution in [2.24, 2.45) is 0 Å². The fraction of sp³-hybridized carbons (Fsp3) is 0.208. The number of fused-ring (bicyclic) bond motifs is 1. The Hall–Kier alpha value is -3.65. The molecule has 0 saturated carbocycles. The maximum Gasteiger partial charge on any atom is 0.337 e. The fourth-order valence-electron chi connectivity index (χ4n) is 3.84. The van der Waals surface area contributed by atoms with E-state index in [1.54, 1.807) is 43.5 Å². The van der Waals surface area contributed by atoms with Crippen LogP contribution in [0, 0.1) is 6.92 Å². The summed E-state index contributed by atoms with van der Waals surface area (Å²) in [6, 6.07) is 14.1. The molecular formula is C24H22N2O5S. The molecule has 4 rings (SSSR count). The van der Waals surface area contributed by atoms with Crippen LogP contribution in [-0.4, -0.2) is 32.0 Å². The number of carbonyl (C=O) groups is 3. The summed E-state index contributed by atoms with van der Waals surface area (Å²) in [5, 5.41) is 6.49. The summed E-state index contributed by atoms with van der Waals surface area (Å²) in [6.45, 7) is 1.89. The highest BCUT2D eigenvalue weighted by atomic mass is 32.1. The van der Waals surface area contributed by atoms with Gasteiger partial charge in [0.05, 0.1) is 29.7 Å². The molecule has 0 fully saturated rings. The summed E-state index contributed by atoms with van der Waals surface area (Å²) in [7, 11) is 2.92. The molecule has 3 aromatic rings. The van der Waals surface area contributed by atoms with Crippen molar-refractivity contribution in [2.45, 2.75) is 19.3 Å². The maximum atomic E-state index is 13.0. The van der Waals surface area contributed by atoms with Gasteiger partial charge in [0, 0.05) is 18.0 Å². The summed E-state index contributed by atoms with van der Waals surface area (Å²) in [5.41, 5.74) is 3.76. The highest BCUT2D eigenvalue weighted by Crippen LogP contribution is 2.45. The van der Waals surface area contributed by atoms with E-state index < -0.39 is 5.97 Å². The van der Waals surface area contributed by atoms with E-state index in [4.69, 9.17) is 9.47 Å². The molecule has 1 aromatic heterocycles. The molecule has 2 aromatic carbocycles. The average molecular weight is 451 g/mol. The minimum absolute atomic E-state index is 0.108. The van der Waals surface area contributed by atoms with Crippen LogP contribution in [0.5, 0.6) is 5.75 Å². The molecule has 1 aliphatic rings. The molecule has 2 amide bonds. The predicted molar refractivity (Wildman–Crippen MR) is 123 cm³/mol. The zero-order chi connectivity index (χ0) is 22.8. The molecule has 2 heterocycles. The molecule has 0 unspecified atom stereocenters. The van der Waals surface area contributed by atoms with Crippen LogP contribution in [0.15, 0.2) is 48.5 Å². The monoisotopic (exact) mass is 450 g/mol. The van der Waals surface area contributed by atoms with Gasteiger partial charge in [0.25, 0.3) is 5.91 Å². The number of benzene rings is 2. The van der Waals surface area contributed by atoms with E-state index in [0.717, 1.165) is 16.7 Å². The van der Waals surface area contributed by atoms with Gasteiger partial charge in [-0.25, -0.2) is 4.79 Å². The first-order chi connectivity index (χ1) is 15.4. The van der Waals surface area contributed by atoms with Gasteiger partial charge in [-0.3, -0.25) is 9.59 Å². The van der Waals surface area contributed by atoms with Crippen LogP contribution in [0.3, 0.4) is 0 Å². The lowest BCUT2D eigenvalue weighted by Gasteiger charge is -2.24. The number of rotatable bonds is 5. The van der Waals surface area contributed by atoms with Crippen molar-refractivity contribution in [1.82, 2.24) is 0 Å². The number of esters is 1. The predicted octanol–water partition coefficient (Wildman–Crippen LogP) is 4.58. The van der Waals surface area contributed by atoms with E-state index in [0.29, 0.717) is 26.9 Å². The normalized spacial score (nSPS) is 14.8. The van der Waals surface area contributed by atoms with E-state index >= 15 is 0 Å². The van der Waals surface area contributed by atoms with Crippen molar-refractivity contribution >= 4 is 39.8 Å². The highest BCUT2D eigenvalue weighted by Gasteiger charge is 2.33. The van der Waals surface area contributed by atoms with Gasteiger partial charge in [-0.2, -0.15) is 0 Å². The third-order valence-electron chi connectivity index (χ3n) is 5.47. The number of hydrogen-bond donors (Lipinski definition) is 2. The standard InChI is InChI=1S/C24H22N2O5S/c1-13-20-18(14-4-6-15(7-5-14)24(29)31-3)12-19(27)26-23(20)32-21(13)22(28)25-16-8-10-17(30-2)11-9-16/h4-11,18H,12H2,1-3H3,(H,25,28)(H,26,27)/t18-/m1/s1. The Kier molecular flexibility index (Phi) is 5.96. The summed E-state index contributed by atoms with van der Waals surface area (Å²) < 4.78 is 9.90. The Morgan fingerprint density at radius 2 is 1.75 bits per heavy atom. The number of carbonyl (C=O) groups excluding carboxylic acids is 3. The second kappa shape index (κ2) is 8.84. The van der Waals surface area contributed by atoms with Crippen LogP contribution in [0.1, 0.15) is 49.1 Å². The summed E-state index contributed by atoms with van der Waals surface area (Å²) in [6.07, 6.45) is 0.266. The van der Waals surface area contributed by atoms with Crippen molar-refractivity contribution < 1.29 is 23.9 Å². The Labute approximate surface area is 189 Å². The van der Waals surface area contributed by atoms with Gasteiger partial charge in [0.1, 0.15) is 5.75 Å². The fourth-order valence-corrected chi connectivity index (χ4v) is 5.02. The van der Waals surface area contributed by atoms with Gasteiger partial charge in [-0.1, -0.05) is 12.1 Å². The molecule has 0 saturated heterocycles. The van der Waals surface area contributed by atoms with Crippen molar-refractivity contribution in [3.8, 4) is 5.75 Å². The zero-order valence-electron chi connectivity index (χ0n) is 17.9. The largest absolute Gasteiger partial charge is 0.497 e. The maximum absolute atomic E-state index is 13.0. The molecular weight excluding hydrogens is 428 g/mol. The topological polar surface area (TPSA) is 93.7 Å². The van der Waals surface area contributed by atoms with Gasteiger partial charge in [-0.15, -0.1) is 11.3 Å². The van der Waals surface area contributed by atoms with Crippen molar-refractivity contribution in [3.63, 3.8) is 0 Å². The minimum atomic E-state index is -0.414. The summed E-state index contributed by atoms with van der Waals surface area (Å²) >= 11 is 1.27. The molecule has 8 heteroatoms. The first-order valence-electron chi connectivity index (χ1n) is 9.98. The highest BCUT2D eigenvalue weighted by molar-refractivity contribution is 7.18. The summed E-state index contributed by atoms with van der Waals surface area (Å²) in [5.74, 6) is -0.259. The molecule has 0 bridgehead atoms. The molecule has 2 N–H and O–H groups in total. The molecule has 0 aliphatic carbocycles. The van der Waals surface area contributed by atoms with Gasteiger partial charge >= 0.3 is 5.97 Å². The molecule has 0 spiro atoms. The van der Waals surface area contributed by atoms with E-state index in [1.165, 1.54) is 18.4 Å². The second-order valence-electron chi connectivity index (χ2n) is 7.40. The number of ether oxygens (including phenoxy) is 2. The Balaban J connectivity index is 1.64. The SMILES string of the molecule is COC(=O)c1ccc([C@H]2CC(=O)Nc3sc(C(=O)Nc4ccc(OC)cc4)c(C)c32)cc1. The van der Waals surface area contributed by atoms with E-state index in [-0.39, 0.29) is 24.2 Å². The third-order valence-corrected chi connectivity index (χ3v) is 6.69. The van der Waals surface area contributed by atoms with Crippen molar-refractivity contribution in [3.05, 3.63) is 75.7 Å². The third kappa shape index (κ3) is 4.09. The molecule has 32 heavy (non-hydrogen) atoms. The number of hydrogen-bond acceptors (Lipinski definition) is 6. The van der Waals surface area contributed by atoms with Gasteiger partial charge in [-0.05, 0) is 60.0 Å². The minimum Gasteiger partial charge on any atom is -0.497 e. The number of thiophene rings is 1. The second-order valence-corrected chi connectivity index (χ2v) is 8.42. The molecule has 7 nitrogen and oxygen atoms in total. The lowest BCUT2D eigenvalue weighted by atomic mass is 9.84. The number of nitrogens with one attached hydrogen (secondary N) is 2. The first kappa shape index (κ1) is 21.6. The molecule has 164 valence electrons. The number of methoxy groups -OCH3 is 2. The Morgan fingerprint density at radius 1 is 1.06 bits per heavy atom. The van der Waals surface area contributed by atoms with Crippen LogP contribution in [-0.2, 0) is 9.53 Å². The van der Waals surface area contributed by atoms with Crippen LogP contribution in [0.25, 0.3) is 0 Å². The molecule has 1 atom stereocenters. The van der Waals surface area contributed by atoms with Gasteiger partial charge < -0.3 is 20.1 Å². The van der Waals surface area contributed by atoms with Crippen LogP contribution in [0.4, 0.5) is 10.7 Å². The average Bonchev–Trinajstić information content (AvgIpc) is 3.14. The van der Waals surface area contributed by atoms with Gasteiger partial charge in [0.15, 0.2) is 0 Å². The van der Waals surface area contributed by atoms with Crippen molar-refractivity contribution in [1.29, 1.82) is 0 Å². The molecule has 0 radical (unpaired) electrons. The smallest absolute Gasteiger partial charge is 0.337 e.